The topological polar surface area (TPSA) is 38.0 Å². The van der Waals surface area contributed by atoms with Gasteiger partial charge in [-0.2, -0.15) is 24.9 Å². The Bertz CT molecular complexity index is 461. The molecular formula is C12H15F3N2S2. The van der Waals surface area contributed by atoms with E-state index in [-0.39, 0.29) is 10.6 Å². The lowest BCUT2D eigenvalue weighted by molar-refractivity contribution is -0.137. The van der Waals surface area contributed by atoms with Crippen LogP contribution in [0.2, 0.25) is 0 Å². The molecule has 0 saturated heterocycles. The predicted octanol–water partition coefficient (Wildman–Crippen LogP) is 3.50. The molecule has 0 aliphatic carbocycles. The number of hydrogen-bond donors (Lipinski definition) is 2. The molecule has 1 unspecified atom stereocenters. The summed E-state index contributed by atoms with van der Waals surface area (Å²) in [5, 5.41) is 3.40. The number of halogens is 3. The molecular weight excluding hydrogens is 293 g/mol. The van der Waals surface area contributed by atoms with E-state index in [1.54, 1.807) is 11.8 Å². The van der Waals surface area contributed by atoms with Crippen molar-refractivity contribution >= 4 is 34.7 Å². The van der Waals surface area contributed by atoms with Crippen LogP contribution in [0.4, 0.5) is 18.9 Å². The molecule has 0 heterocycles. The zero-order valence-electron chi connectivity index (χ0n) is 10.5. The number of hydrogen-bond acceptors (Lipinski definition) is 3. The van der Waals surface area contributed by atoms with Crippen LogP contribution in [0, 0.1) is 0 Å². The highest BCUT2D eigenvalue weighted by Gasteiger charge is 2.31. The van der Waals surface area contributed by atoms with Crippen LogP contribution in [0.15, 0.2) is 18.2 Å². The zero-order valence-corrected chi connectivity index (χ0v) is 12.2. The Kier molecular flexibility index (Phi) is 5.49. The Labute approximate surface area is 119 Å². The summed E-state index contributed by atoms with van der Waals surface area (Å²) >= 11 is 6.46. The third-order valence-corrected chi connectivity index (χ3v) is 3.79. The first-order chi connectivity index (χ1) is 8.75. The van der Waals surface area contributed by atoms with E-state index in [1.165, 1.54) is 6.07 Å². The highest BCUT2D eigenvalue weighted by molar-refractivity contribution is 7.99. The van der Waals surface area contributed by atoms with Crippen molar-refractivity contribution < 1.29 is 13.2 Å². The summed E-state index contributed by atoms with van der Waals surface area (Å²) in [4.78, 5) is -0.0506. The summed E-state index contributed by atoms with van der Waals surface area (Å²) in [6.45, 7) is 2.64. The van der Waals surface area contributed by atoms with Crippen molar-refractivity contribution in [2.45, 2.75) is 18.3 Å². The van der Waals surface area contributed by atoms with Gasteiger partial charge < -0.3 is 11.1 Å². The van der Waals surface area contributed by atoms with Crippen LogP contribution >= 0.6 is 24.0 Å². The Hall–Kier alpha value is -0.950. The van der Waals surface area contributed by atoms with Gasteiger partial charge in [-0.15, -0.1) is 0 Å². The van der Waals surface area contributed by atoms with Crippen LogP contribution in [0.1, 0.15) is 18.1 Å². The number of nitrogens with two attached hydrogens (primary N) is 1. The van der Waals surface area contributed by atoms with Crippen LogP contribution in [0.3, 0.4) is 0 Å². The van der Waals surface area contributed by atoms with E-state index in [9.17, 15) is 13.2 Å². The molecule has 0 fully saturated rings. The molecule has 106 valence electrons. The minimum Gasteiger partial charge on any atom is -0.389 e. The van der Waals surface area contributed by atoms with E-state index in [0.717, 1.165) is 12.1 Å². The maximum atomic E-state index is 12.6. The van der Waals surface area contributed by atoms with Gasteiger partial charge in [0, 0.05) is 23.0 Å². The second kappa shape index (κ2) is 6.47. The Morgan fingerprint density at radius 1 is 1.47 bits per heavy atom. The maximum Gasteiger partial charge on any atom is 0.416 e. The SMILES string of the molecule is CSC(C)CNc1ccc(C(F)(F)F)cc1C(N)=S. The molecule has 0 aliphatic rings. The summed E-state index contributed by atoms with van der Waals surface area (Å²) in [6, 6.07) is 3.37. The molecule has 1 aromatic rings. The van der Waals surface area contributed by atoms with Gasteiger partial charge in [0.1, 0.15) is 4.99 Å². The Morgan fingerprint density at radius 2 is 2.11 bits per heavy atom. The fourth-order valence-electron chi connectivity index (χ4n) is 1.42. The Morgan fingerprint density at radius 3 is 2.58 bits per heavy atom. The summed E-state index contributed by atoms with van der Waals surface area (Å²) in [5.41, 5.74) is 5.48. The van der Waals surface area contributed by atoms with Gasteiger partial charge in [0.2, 0.25) is 0 Å². The number of thiocarbonyl (C=S) groups is 1. The molecule has 0 radical (unpaired) electrons. The van der Waals surface area contributed by atoms with Gasteiger partial charge in [-0.25, -0.2) is 0 Å². The van der Waals surface area contributed by atoms with E-state index >= 15 is 0 Å². The van der Waals surface area contributed by atoms with Crippen molar-refractivity contribution in [3.8, 4) is 0 Å². The first kappa shape index (κ1) is 16.1. The average molecular weight is 308 g/mol. The average Bonchev–Trinajstić information content (AvgIpc) is 2.34. The normalized spacial score (nSPS) is 13.1. The monoisotopic (exact) mass is 308 g/mol. The third kappa shape index (κ3) is 4.58. The summed E-state index contributed by atoms with van der Waals surface area (Å²) in [6.07, 6.45) is -2.43. The first-order valence-electron chi connectivity index (χ1n) is 5.53. The molecule has 0 saturated carbocycles. The van der Waals surface area contributed by atoms with Crippen molar-refractivity contribution in [2.75, 3.05) is 18.1 Å². The van der Waals surface area contributed by atoms with Crippen molar-refractivity contribution in [3.05, 3.63) is 29.3 Å². The molecule has 0 amide bonds. The van der Waals surface area contributed by atoms with E-state index in [2.05, 4.69) is 5.32 Å². The van der Waals surface area contributed by atoms with Crippen molar-refractivity contribution in [2.24, 2.45) is 5.73 Å². The van der Waals surface area contributed by atoms with Crippen molar-refractivity contribution in [1.82, 2.24) is 0 Å². The van der Waals surface area contributed by atoms with Gasteiger partial charge in [-0.3, -0.25) is 0 Å². The second-order valence-electron chi connectivity index (χ2n) is 4.05. The van der Waals surface area contributed by atoms with Gasteiger partial charge in [-0.05, 0) is 24.5 Å². The second-order valence-corrected chi connectivity index (χ2v) is 5.77. The molecule has 1 rings (SSSR count). The minimum atomic E-state index is -4.40. The largest absolute Gasteiger partial charge is 0.416 e. The zero-order chi connectivity index (χ0) is 14.6. The van der Waals surface area contributed by atoms with Gasteiger partial charge in [-0.1, -0.05) is 19.1 Å². The lowest BCUT2D eigenvalue weighted by Gasteiger charge is -2.16. The first-order valence-corrected chi connectivity index (χ1v) is 7.23. The molecule has 19 heavy (non-hydrogen) atoms. The van der Waals surface area contributed by atoms with Gasteiger partial charge in [0.25, 0.3) is 0 Å². The summed E-state index contributed by atoms with van der Waals surface area (Å²) in [5.74, 6) is 0. The highest BCUT2D eigenvalue weighted by Crippen LogP contribution is 2.32. The molecule has 0 spiro atoms. The van der Waals surface area contributed by atoms with Crippen molar-refractivity contribution in [3.63, 3.8) is 0 Å². The van der Waals surface area contributed by atoms with Gasteiger partial charge in [0.05, 0.1) is 5.56 Å². The third-order valence-electron chi connectivity index (χ3n) is 2.59. The lowest BCUT2D eigenvalue weighted by Crippen LogP contribution is -2.18. The maximum absolute atomic E-state index is 12.6. The number of nitrogens with one attached hydrogen (secondary N) is 1. The van der Waals surface area contributed by atoms with Crippen LogP contribution in [-0.2, 0) is 6.18 Å². The number of anilines is 1. The molecule has 3 N–H and O–H groups in total. The molecule has 1 aromatic carbocycles. The smallest absolute Gasteiger partial charge is 0.389 e. The quantitative estimate of drug-likeness (QED) is 0.817. The van der Waals surface area contributed by atoms with E-state index < -0.39 is 11.7 Å². The van der Waals surface area contributed by atoms with E-state index in [4.69, 9.17) is 18.0 Å². The van der Waals surface area contributed by atoms with E-state index in [0.29, 0.717) is 17.5 Å². The Balaban J connectivity index is 3.02. The molecule has 0 aromatic heterocycles. The standard InChI is InChI=1S/C12H15F3N2S2/c1-7(19-2)6-17-10-4-3-8(12(13,14)15)5-9(10)11(16)18/h3-5,7,17H,6H2,1-2H3,(H2,16,18). The van der Waals surface area contributed by atoms with Gasteiger partial charge >= 0.3 is 6.18 Å². The van der Waals surface area contributed by atoms with E-state index in [1.807, 2.05) is 13.2 Å². The molecule has 7 heteroatoms. The fraction of sp³-hybridized carbons (Fsp3) is 0.417. The fourth-order valence-corrected chi connectivity index (χ4v) is 1.83. The predicted molar refractivity (Wildman–Crippen MR) is 78.8 cm³/mol. The minimum absolute atomic E-state index is 0.0506. The number of thioether (sulfide) groups is 1. The lowest BCUT2D eigenvalue weighted by atomic mass is 10.1. The van der Waals surface area contributed by atoms with Crippen LogP contribution in [0.25, 0.3) is 0 Å². The van der Waals surface area contributed by atoms with Crippen LogP contribution in [0.5, 0.6) is 0 Å². The van der Waals surface area contributed by atoms with Crippen molar-refractivity contribution in [1.29, 1.82) is 0 Å². The number of rotatable bonds is 5. The number of alkyl halides is 3. The highest BCUT2D eigenvalue weighted by atomic mass is 32.2. The number of benzene rings is 1. The summed E-state index contributed by atoms with van der Waals surface area (Å²) < 4.78 is 37.9. The summed E-state index contributed by atoms with van der Waals surface area (Å²) in [7, 11) is 0. The molecule has 0 aliphatic heterocycles. The molecule has 1 atom stereocenters. The van der Waals surface area contributed by atoms with Crippen LogP contribution in [-0.4, -0.2) is 23.0 Å². The molecule has 2 nitrogen and oxygen atoms in total. The van der Waals surface area contributed by atoms with Crippen LogP contribution < -0.4 is 11.1 Å². The molecule has 0 bridgehead atoms. The van der Waals surface area contributed by atoms with Gasteiger partial charge in [0.15, 0.2) is 0 Å².